The van der Waals surface area contributed by atoms with E-state index in [0.29, 0.717) is 13.0 Å². The first-order valence-corrected chi connectivity index (χ1v) is 6.70. The van der Waals surface area contributed by atoms with Gasteiger partial charge >= 0.3 is 16.1 Å². The molecule has 2 rings (SSSR count). The summed E-state index contributed by atoms with van der Waals surface area (Å²) in [7, 11) is 1.40. The molecule has 0 spiro atoms. The fourth-order valence-electron chi connectivity index (χ4n) is 1.95. The number of hydrogen-bond donors (Lipinski definition) is 1. The van der Waals surface area contributed by atoms with E-state index in [9.17, 15) is 4.79 Å². The van der Waals surface area contributed by atoms with Gasteiger partial charge in [-0.2, -0.15) is 0 Å². The van der Waals surface area contributed by atoms with Gasteiger partial charge in [0.1, 0.15) is 12.4 Å². The van der Waals surface area contributed by atoms with E-state index in [4.69, 9.17) is 14.6 Å². The van der Waals surface area contributed by atoms with Crippen molar-refractivity contribution in [3.8, 4) is 5.75 Å². The molecular weight excluding hydrogens is 277 g/mol. The van der Waals surface area contributed by atoms with E-state index in [2.05, 4.69) is 0 Å². The third-order valence-corrected chi connectivity index (χ3v) is 3.15. The first kappa shape index (κ1) is 17.9. The second kappa shape index (κ2) is 8.98. The van der Waals surface area contributed by atoms with Crippen LogP contribution in [0.1, 0.15) is 14.0 Å². The van der Waals surface area contributed by atoms with Crippen molar-refractivity contribution in [2.75, 3.05) is 7.11 Å². The maximum absolute atomic E-state index is 10.9. The molecule has 4 nitrogen and oxygen atoms in total. The van der Waals surface area contributed by atoms with E-state index >= 15 is 0 Å². The van der Waals surface area contributed by atoms with Crippen LogP contribution in [-0.2, 0) is 22.6 Å². The number of carboxylic acid groups (broad SMARTS) is 1. The number of carboxylic acids is 1. The Morgan fingerprint density at radius 2 is 1.73 bits per heavy atom. The van der Waals surface area contributed by atoms with Crippen LogP contribution in [0.5, 0.6) is 5.75 Å². The summed E-state index contributed by atoms with van der Waals surface area (Å²) in [6.07, 6.45) is -0.480. The molecule has 0 amide bonds. The van der Waals surface area contributed by atoms with Crippen LogP contribution >= 0.6 is 0 Å². The van der Waals surface area contributed by atoms with Crippen molar-refractivity contribution in [1.29, 1.82) is 0 Å². The molecule has 1 unspecified atom stereocenters. The molecule has 0 aromatic heterocycles. The molecule has 5 heteroatoms. The Labute approximate surface area is 136 Å². The standard InChI is InChI=1S/C17H18O4.Be.2H/c1-20-16(17(18)19)11-13-7-9-15(10-8-13)21-12-14-5-3-2-4-6-14;;;/h2-10,16H,11-12H2,1H3,(H,18,19);;;/q;+2;2*-1. The molecule has 22 heavy (non-hydrogen) atoms. The molecule has 2 aromatic rings. The third kappa shape index (κ3) is 5.32. The quantitative estimate of drug-likeness (QED) is 0.798. The Morgan fingerprint density at radius 3 is 2.27 bits per heavy atom. The molecule has 1 N–H and O–H groups in total. The van der Waals surface area contributed by atoms with Crippen molar-refractivity contribution in [3.63, 3.8) is 0 Å². The Morgan fingerprint density at radius 1 is 1.09 bits per heavy atom. The van der Waals surface area contributed by atoms with Crippen LogP contribution in [0.2, 0.25) is 0 Å². The number of carbonyl (C=O) groups is 1. The van der Waals surface area contributed by atoms with E-state index in [1.807, 2.05) is 54.6 Å². The average Bonchev–Trinajstić information content (AvgIpc) is 2.52. The summed E-state index contributed by atoms with van der Waals surface area (Å²) >= 11 is 0. The van der Waals surface area contributed by atoms with Crippen molar-refractivity contribution in [2.24, 2.45) is 0 Å². The topological polar surface area (TPSA) is 55.8 Å². The number of hydrogen-bond acceptors (Lipinski definition) is 3. The molecule has 0 aliphatic heterocycles. The second-order valence-corrected chi connectivity index (χ2v) is 4.68. The van der Waals surface area contributed by atoms with Gasteiger partial charge in [0.15, 0.2) is 6.10 Å². The number of ether oxygens (including phenoxy) is 2. The third-order valence-electron chi connectivity index (χ3n) is 3.15. The van der Waals surface area contributed by atoms with Crippen LogP contribution in [-0.4, -0.2) is 34.4 Å². The van der Waals surface area contributed by atoms with Crippen molar-refractivity contribution < 1.29 is 22.2 Å². The minimum Gasteiger partial charge on any atom is -1.00 e. The van der Waals surface area contributed by atoms with E-state index in [0.717, 1.165) is 16.9 Å². The zero-order chi connectivity index (χ0) is 15.1. The molecule has 0 bridgehead atoms. The van der Waals surface area contributed by atoms with Gasteiger partial charge in [-0.15, -0.1) is 0 Å². The normalized spacial score (nSPS) is 11.3. The van der Waals surface area contributed by atoms with E-state index < -0.39 is 12.1 Å². The summed E-state index contributed by atoms with van der Waals surface area (Å²) in [5.41, 5.74) is 2.00. The van der Waals surface area contributed by atoms with Gasteiger partial charge < -0.3 is 17.4 Å². The van der Waals surface area contributed by atoms with E-state index in [1.54, 1.807) is 0 Å². The van der Waals surface area contributed by atoms with Crippen molar-refractivity contribution in [3.05, 3.63) is 65.7 Å². The Kier molecular flexibility index (Phi) is 7.30. The minimum absolute atomic E-state index is 0. The monoisotopic (exact) mass is 297 g/mol. The van der Waals surface area contributed by atoms with Crippen molar-refractivity contribution in [2.45, 2.75) is 19.1 Å². The summed E-state index contributed by atoms with van der Waals surface area (Å²) < 4.78 is 10.6. The SMILES string of the molecule is COC(Cc1ccc(OCc2ccccc2)cc1)C(=O)O.[Be+2].[H-].[H-]. The van der Waals surface area contributed by atoms with Gasteiger partial charge in [-0.1, -0.05) is 42.5 Å². The van der Waals surface area contributed by atoms with E-state index in [-0.39, 0.29) is 13.0 Å². The van der Waals surface area contributed by atoms with Crippen LogP contribution in [0.15, 0.2) is 54.6 Å². The fourth-order valence-corrected chi connectivity index (χ4v) is 1.95. The smallest absolute Gasteiger partial charge is 1.00 e. The summed E-state index contributed by atoms with van der Waals surface area (Å²) in [6.45, 7) is 0.510. The van der Waals surface area contributed by atoms with Crippen molar-refractivity contribution >= 4 is 16.1 Å². The molecule has 2 aromatic carbocycles. The summed E-state index contributed by atoms with van der Waals surface area (Å²) in [5.74, 6) is -0.200. The van der Waals surface area contributed by atoms with Crippen LogP contribution in [0.3, 0.4) is 0 Å². The fraction of sp³-hybridized carbons (Fsp3) is 0.235. The zero-order valence-corrected chi connectivity index (χ0v) is 12.6. The molecule has 0 saturated carbocycles. The predicted octanol–water partition coefficient (Wildman–Crippen LogP) is 2.75. The maximum Gasteiger partial charge on any atom is 2.00 e. The Hall–Kier alpha value is -2.16. The molecular formula is C17H20BeO4. The van der Waals surface area contributed by atoms with Gasteiger partial charge in [0.25, 0.3) is 0 Å². The average molecular weight is 297 g/mol. The van der Waals surface area contributed by atoms with Gasteiger partial charge in [0, 0.05) is 13.5 Å². The number of aliphatic carboxylic acids is 1. The van der Waals surface area contributed by atoms with Gasteiger partial charge in [-0.3, -0.25) is 0 Å². The summed E-state index contributed by atoms with van der Waals surface area (Å²) in [5, 5.41) is 8.95. The van der Waals surface area contributed by atoms with Crippen LogP contribution < -0.4 is 4.74 Å². The number of methoxy groups -OCH3 is 1. The zero-order valence-electron chi connectivity index (χ0n) is 14.6. The number of benzene rings is 2. The number of rotatable bonds is 7. The first-order valence-electron chi connectivity index (χ1n) is 6.70. The van der Waals surface area contributed by atoms with Gasteiger partial charge in [-0.05, 0) is 23.3 Å². The predicted molar refractivity (Wildman–Crippen MR) is 87.3 cm³/mol. The molecule has 0 aliphatic rings. The molecule has 0 radical (unpaired) electrons. The molecule has 0 heterocycles. The molecule has 0 saturated heterocycles. The second-order valence-electron chi connectivity index (χ2n) is 4.68. The maximum atomic E-state index is 10.9. The largest absolute Gasteiger partial charge is 2.00 e. The summed E-state index contributed by atoms with van der Waals surface area (Å²) in [6, 6.07) is 17.3. The van der Waals surface area contributed by atoms with Gasteiger partial charge in [0.2, 0.25) is 0 Å². The first-order chi connectivity index (χ1) is 10.2. The molecule has 0 fully saturated rings. The molecule has 0 aliphatic carbocycles. The van der Waals surface area contributed by atoms with Gasteiger partial charge in [0.05, 0.1) is 0 Å². The minimum atomic E-state index is -0.957. The van der Waals surface area contributed by atoms with Gasteiger partial charge in [-0.25, -0.2) is 4.79 Å². The molecule has 114 valence electrons. The molecule has 1 atom stereocenters. The Balaban J connectivity index is 0. The van der Waals surface area contributed by atoms with Crippen LogP contribution in [0, 0.1) is 0 Å². The Bertz CT molecular complexity index is 579. The van der Waals surface area contributed by atoms with Crippen LogP contribution in [0.25, 0.3) is 0 Å². The van der Waals surface area contributed by atoms with Crippen molar-refractivity contribution in [1.82, 2.24) is 0 Å². The van der Waals surface area contributed by atoms with E-state index in [1.165, 1.54) is 7.11 Å². The summed E-state index contributed by atoms with van der Waals surface area (Å²) in [4.78, 5) is 10.9. The van der Waals surface area contributed by atoms with Crippen LogP contribution in [0.4, 0.5) is 0 Å².